The van der Waals surface area contributed by atoms with Crippen LogP contribution in [0.5, 0.6) is 28.7 Å². The molecule has 212 valence electrons. The Bertz CT molecular complexity index is 966. The smallest absolute Gasteiger partial charge is 0.203 e. The third kappa shape index (κ3) is 7.93. The largest absolute Gasteiger partial charge is 0.493 e. The third-order valence-corrected chi connectivity index (χ3v) is 11.8. The molecule has 0 aliphatic carbocycles. The van der Waals surface area contributed by atoms with Crippen molar-refractivity contribution < 1.29 is 28.1 Å². The van der Waals surface area contributed by atoms with Crippen LogP contribution >= 0.6 is 0 Å². The Labute approximate surface area is 231 Å². The Kier molecular flexibility index (Phi) is 13.0. The summed E-state index contributed by atoms with van der Waals surface area (Å²) in [4.78, 5) is 0. The normalized spacial score (nSPS) is 12.9. The van der Waals surface area contributed by atoms with Crippen LogP contribution in [-0.4, -0.2) is 42.9 Å². The second kappa shape index (κ2) is 15.7. The zero-order chi connectivity index (χ0) is 28.1. The Morgan fingerprint density at radius 2 is 1.29 bits per heavy atom. The maximum atomic E-state index is 7.28. The second-order valence-electron chi connectivity index (χ2n) is 9.73. The first-order chi connectivity index (χ1) is 18.3. The molecule has 2 aromatic carbocycles. The highest BCUT2D eigenvalue weighted by Crippen LogP contribution is 2.43. The van der Waals surface area contributed by atoms with E-state index in [2.05, 4.69) is 40.3 Å². The van der Waals surface area contributed by atoms with Crippen LogP contribution in [0, 0.1) is 0 Å². The molecule has 0 saturated carbocycles. The first-order valence-electron chi connectivity index (χ1n) is 13.8. The monoisotopic (exact) mass is 544 g/mol. The van der Waals surface area contributed by atoms with Crippen LogP contribution in [0.2, 0.25) is 18.1 Å². The summed E-state index contributed by atoms with van der Waals surface area (Å²) in [6.07, 6.45) is 5.23. The van der Waals surface area contributed by atoms with E-state index >= 15 is 0 Å². The van der Waals surface area contributed by atoms with E-state index in [0.717, 1.165) is 48.5 Å². The van der Waals surface area contributed by atoms with Gasteiger partial charge >= 0.3 is 0 Å². The van der Waals surface area contributed by atoms with Gasteiger partial charge in [-0.05, 0) is 66.9 Å². The van der Waals surface area contributed by atoms with Gasteiger partial charge in [0, 0.05) is 0 Å². The number of hydrogen-bond acceptors (Lipinski definition) is 6. The Morgan fingerprint density at radius 3 is 1.74 bits per heavy atom. The SMILES string of the molecule is C=CCc1cc(OC)c(OC(C)C(O[Si](CCC)(CCC)CCC)c2ccc(OC)c(OC)c2)c(OC)c1. The highest BCUT2D eigenvalue weighted by Gasteiger charge is 2.38. The number of benzene rings is 2. The molecule has 0 saturated heterocycles. The zero-order valence-corrected chi connectivity index (χ0v) is 25.7. The van der Waals surface area contributed by atoms with Crippen LogP contribution in [-0.2, 0) is 10.8 Å². The molecule has 0 aliphatic heterocycles. The highest BCUT2D eigenvalue weighted by molar-refractivity contribution is 6.73. The minimum absolute atomic E-state index is 0.312. The van der Waals surface area contributed by atoms with Crippen molar-refractivity contribution in [3.63, 3.8) is 0 Å². The van der Waals surface area contributed by atoms with Gasteiger partial charge in [0.2, 0.25) is 5.75 Å². The summed E-state index contributed by atoms with van der Waals surface area (Å²) in [5.74, 6) is 3.17. The van der Waals surface area contributed by atoms with Gasteiger partial charge in [-0.15, -0.1) is 6.58 Å². The van der Waals surface area contributed by atoms with Crippen LogP contribution in [0.3, 0.4) is 0 Å². The molecule has 0 aromatic heterocycles. The third-order valence-electron chi connectivity index (χ3n) is 6.86. The van der Waals surface area contributed by atoms with E-state index in [1.165, 1.54) is 0 Å². The molecule has 7 heteroatoms. The van der Waals surface area contributed by atoms with E-state index in [0.29, 0.717) is 35.2 Å². The van der Waals surface area contributed by atoms with Gasteiger partial charge in [0.1, 0.15) is 12.2 Å². The van der Waals surface area contributed by atoms with Crippen LogP contribution in [0.15, 0.2) is 43.0 Å². The fourth-order valence-electron chi connectivity index (χ4n) is 5.24. The minimum atomic E-state index is -2.06. The molecular formula is C31H48O6Si. The zero-order valence-electron chi connectivity index (χ0n) is 24.7. The van der Waals surface area contributed by atoms with E-state index in [4.69, 9.17) is 28.1 Å². The molecule has 2 aromatic rings. The second-order valence-corrected chi connectivity index (χ2v) is 13.8. The summed E-state index contributed by atoms with van der Waals surface area (Å²) in [5.41, 5.74) is 2.04. The number of ether oxygens (including phenoxy) is 5. The van der Waals surface area contributed by atoms with Crippen molar-refractivity contribution in [2.75, 3.05) is 28.4 Å². The maximum absolute atomic E-state index is 7.28. The number of allylic oxidation sites excluding steroid dienone is 1. The van der Waals surface area contributed by atoms with Gasteiger partial charge in [-0.2, -0.15) is 0 Å². The molecule has 6 nitrogen and oxygen atoms in total. The summed E-state index contributed by atoms with van der Waals surface area (Å²) in [7, 11) is 4.54. The van der Waals surface area contributed by atoms with Crippen LogP contribution in [0.4, 0.5) is 0 Å². The molecule has 0 amide bonds. The van der Waals surface area contributed by atoms with E-state index in [9.17, 15) is 0 Å². The Morgan fingerprint density at radius 1 is 0.763 bits per heavy atom. The molecule has 38 heavy (non-hydrogen) atoms. The van der Waals surface area contributed by atoms with Gasteiger partial charge in [0.05, 0.1) is 28.4 Å². The lowest BCUT2D eigenvalue weighted by atomic mass is 10.0. The summed E-state index contributed by atoms with van der Waals surface area (Å²) in [5, 5.41) is 0. The van der Waals surface area contributed by atoms with Crippen molar-refractivity contribution in [2.24, 2.45) is 0 Å². The summed E-state index contributed by atoms with van der Waals surface area (Å²) < 4.78 is 36.6. The van der Waals surface area contributed by atoms with Crippen LogP contribution in [0.25, 0.3) is 0 Å². The van der Waals surface area contributed by atoms with E-state index in [1.807, 2.05) is 30.3 Å². The van der Waals surface area contributed by atoms with Crippen molar-refractivity contribution in [3.8, 4) is 28.7 Å². The van der Waals surface area contributed by atoms with Gasteiger partial charge in [-0.25, -0.2) is 0 Å². The van der Waals surface area contributed by atoms with Crippen molar-refractivity contribution in [2.45, 2.75) is 83.7 Å². The molecule has 2 unspecified atom stereocenters. The van der Waals surface area contributed by atoms with Crippen molar-refractivity contribution in [1.29, 1.82) is 0 Å². The highest BCUT2D eigenvalue weighted by atomic mass is 28.4. The van der Waals surface area contributed by atoms with E-state index in [-0.39, 0.29) is 12.2 Å². The average Bonchev–Trinajstić information content (AvgIpc) is 2.92. The summed E-state index contributed by atoms with van der Waals surface area (Å²) in [6, 6.07) is 13.3. The fourth-order valence-corrected chi connectivity index (χ4v) is 9.94. The lowest BCUT2D eigenvalue weighted by Crippen LogP contribution is -2.42. The van der Waals surface area contributed by atoms with Crippen molar-refractivity contribution in [3.05, 3.63) is 54.1 Å². The summed E-state index contributed by atoms with van der Waals surface area (Å²) in [6.45, 7) is 12.7. The fraction of sp³-hybridized carbons (Fsp3) is 0.548. The number of methoxy groups -OCH3 is 4. The first kappa shape index (κ1) is 31.6. The quantitative estimate of drug-likeness (QED) is 0.139. The molecule has 0 N–H and O–H groups in total. The summed E-state index contributed by atoms with van der Waals surface area (Å²) >= 11 is 0. The average molecular weight is 545 g/mol. The standard InChI is InChI=1S/C31H48O6Si/c1-10-14-24-20-28(34-8)31(29(21-24)35-9)36-23(5)30(25-15-16-26(32-6)27(22-25)33-7)37-38(17-11-2,18-12-3)19-13-4/h10,15-16,20-23,30H,1,11-14,17-19H2,2-9H3. The minimum Gasteiger partial charge on any atom is -0.493 e. The molecule has 0 bridgehead atoms. The topological polar surface area (TPSA) is 55.4 Å². The van der Waals surface area contributed by atoms with Gasteiger partial charge < -0.3 is 28.1 Å². The molecular weight excluding hydrogens is 496 g/mol. The Hall–Kier alpha value is -2.64. The van der Waals surface area contributed by atoms with Gasteiger partial charge in [-0.3, -0.25) is 0 Å². The van der Waals surface area contributed by atoms with Crippen molar-refractivity contribution >= 4 is 8.32 Å². The molecule has 0 spiro atoms. The molecule has 0 fully saturated rings. The molecule has 0 aliphatic rings. The molecule has 0 radical (unpaired) electrons. The Balaban J connectivity index is 2.61. The lowest BCUT2D eigenvalue weighted by molar-refractivity contribution is 0.0522. The first-order valence-corrected chi connectivity index (χ1v) is 16.3. The maximum Gasteiger partial charge on any atom is 0.203 e. The number of rotatable bonds is 18. The lowest BCUT2D eigenvalue weighted by Gasteiger charge is -2.38. The van der Waals surface area contributed by atoms with Gasteiger partial charge in [0.25, 0.3) is 0 Å². The molecule has 2 atom stereocenters. The predicted molar refractivity (Wildman–Crippen MR) is 158 cm³/mol. The predicted octanol–water partition coefficient (Wildman–Crippen LogP) is 8.15. The molecule has 2 rings (SSSR count). The van der Waals surface area contributed by atoms with E-state index < -0.39 is 8.32 Å². The molecule has 0 heterocycles. The number of hydrogen-bond donors (Lipinski definition) is 0. The van der Waals surface area contributed by atoms with Gasteiger partial charge in [0.15, 0.2) is 31.3 Å². The van der Waals surface area contributed by atoms with Gasteiger partial charge in [-0.1, -0.05) is 52.2 Å². The van der Waals surface area contributed by atoms with Crippen LogP contribution < -0.4 is 23.7 Å². The van der Waals surface area contributed by atoms with Crippen LogP contribution in [0.1, 0.15) is 64.2 Å². The van der Waals surface area contributed by atoms with Crippen molar-refractivity contribution in [1.82, 2.24) is 0 Å². The van der Waals surface area contributed by atoms with E-state index in [1.54, 1.807) is 28.4 Å².